The largest absolute Gasteiger partial charge is 0.396 e. The van der Waals surface area contributed by atoms with Crippen molar-refractivity contribution in [3.63, 3.8) is 0 Å². The molecule has 8 atom stereocenters. The molecule has 1 aliphatic carbocycles. The number of hydrogen-bond acceptors (Lipinski definition) is 8. The zero-order valence-corrected chi connectivity index (χ0v) is 18.1. The molecular formula is C20H38N2O7. The summed E-state index contributed by atoms with van der Waals surface area (Å²) in [5, 5.41) is 43.0. The van der Waals surface area contributed by atoms with Gasteiger partial charge >= 0.3 is 0 Å². The van der Waals surface area contributed by atoms with Crippen LogP contribution in [0.5, 0.6) is 0 Å². The van der Waals surface area contributed by atoms with Crippen molar-refractivity contribution >= 4 is 5.91 Å². The van der Waals surface area contributed by atoms with Gasteiger partial charge in [-0.1, -0.05) is 20.3 Å². The topological polar surface area (TPSA) is 155 Å². The maximum atomic E-state index is 12.0. The summed E-state index contributed by atoms with van der Waals surface area (Å²) in [6.45, 7) is 9.59. The highest BCUT2D eigenvalue weighted by molar-refractivity contribution is 5.81. The molecular weight excluding hydrogens is 380 g/mol. The van der Waals surface area contributed by atoms with Crippen LogP contribution in [0.4, 0.5) is 0 Å². The molecule has 1 heterocycles. The number of fused-ring (bicyclic) bond motifs is 1. The van der Waals surface area contributed by atoms with Crippen LogP contribution in [0.2, 0.25) is 0 Å². The summed E-state index contributed by atoms with van der Waals surface area (Å²) in [6.07, 6.45) is -1.08. The van der Waals surface area contributed by atoms with Crippen molar-refractivity contribution in [2.24, 2.45) is 23.0 Å². The van der Waals surface area contributed by atoms with E-state index in [2.05, 4.69) is 19.2 Å². The van der Waals surface area contributed by atoms with E-state index in [1.807, 2.05) is 13.8 Å². The highest BCUT2D eigenvalue weighted by atomic mass is 16.8. The first-order valence-corrected chi connectivity index (χ1v) is 10.4. The molecule has 2 fully saturated rings. The van der Waals surface area contributed by atoms with Crippen LogP contribution in [0.1, 0.15) is 53.9 Å². The summed E-state index contributed by atoms with van der Waals surface area (Å²) in [6, 6.07) is -0.573. The van der Waals surface area contributed by atoms with Gasteiger partial charge in [-0.05, 0) is 39.0 Å². The number of aliphatic hydroxyl groups is 4. The minimum absolute atomic E-state index is 0.129. The molecule has 1 amide bonds. The van der Waals surface area contributed by atoms with Crippen molar-refractivity contribution in [2.75, 3.05) is 13.2 Å². The van der Waals surface area contributed by atoms with Gasteiger partial charge in [0.1, 0.15) is 0 Å². The average molecular weight is 419 g/mol. The van der Waals surface area contributed by atoms with Crippen LogP contribution >= 0.6 is 0 Å². The van der Waals surface area contributed by atoms with Crippen molar-refractivity contribution < 1.29 is 34.7 Å². The third kappa shape index (κ3) is 4.92. The van der Waals surface area contributed by atoms with Gasteiger partial charge in [0.25, 0.3) is 0 Å². The Bertz CT molecular complexity index is 587. The quantitative estimate of drug-likeness (QED) is 0.276. The first-order chi connectivity index (χ1) is 13.3. The predicted octanol–water partition coefficient (Wildman–Crippen LogP) is -0.553. The number of carbonyl (C=O) groups excluding carboxylic acids is 1. The van der Waals surface area contributed by atoms with E-state index in [4.69, 9.17) is 15.2 Å². The molecule has 0 spiro atoms. The maximum absolute atomic E-state index is 12.0. The average Bonchev–Trinajstić information content (AvgIpc) is 2.73. The molecule has 29 heavy (non-hydrogen) atoms. The first kappa shape index (κ1) is 24.5. The molecule has 1 saturated heterocycles. The molecule has 9 heteroatoms. The third-order valence-corrected chi connectivity index (χ3v) is 6.52. The number of nitrogens with one attached hydrogen (secondary N) is 1. The number of hydrogen-bond donors (Lipinski definition) is 6. The SMILES string of the molecule is CCC(C)(CCOC1OC2(O)C(CO)C(O)C(O)C12)CC(C)(C)NC(=O)C(C)N. The lowest BCUT2D eigenvalue weighted by Gasteiger charge is -2.49. The van der Waals surface area contributed by atoms with Crippen LogP contribution in [0.15, 0.2) is 0 Å². The molecule has 8 unspecified atom stereocenters. The molecule has 0 bridgehead atoms. The third-order valence-electron chi connectivity index (χ3n) is 6.52. The highest BCUT2D eigenvalue weighted by Gasteiger charge is 2.71. The minimum Gasteiger partial charge on any atom is -0.396 e. The normalized spacial score (nSPS) is 37.4. The number of nitrogens with two attached hydrogens (primary N) is 1. The van der Waals surface area contributed by atoms with Gasteiger partial charge in [-0.2, -0.15) is 0 Å². The fourth-order valence-corrected chi connectivity index (χ4v) is 4.64. The predicted molar refractivity (Wildman–Crippen MR) is 105 cm³/mol. The molecule has 0 aromatic heterocycles. The zero-order valence-electron chi connectivity index (χ0n) is 18.1. The van der Waals surface area contributed by atoms with Crippen LogP contribution in [0.3, 0.4) is 0 Å². The van der Waals surface area contributed by atoms with Crippen LogP contribution in [-0.2, 0) is 14.3 Å². The number of carbonyl (C=O) groups is 1. The fourth-order valence-electron chi connectivity index (χ4n) is 4.64. The van der Waals surface area contributed by atoms with Crippen molar-refractivity contribution in [2.45, 2.75) is 89.7 Å². The lowest BCUT2D eigenvalue weighted by atomic mass is 9.74. The summed E-state index contributed by atoms with van der Waals surface area (Å²) in [5.74, 6) is -3.72. The summed E-state index contributed by atoms with van der Waals surface area (Å²) in [7, 11) is 0. The second-order valence-electron chi connectivity index (χ2n) is 9.66. The minimum atomic E-state index is -1.77. The van der Waals surface area contributed by atoms with Gasteiger partial charge in [0.2, 0.25) is 5.91 Å². The van der Waals surface area contributed by atoms with Crippen LogP contribution in [0.25, 0.3) is 0 Å². The lowest BCUT2D eigenvalue weighted by Crippen LogP contribution is -2.63. The molecule has 0 aromatic rings. The summed E-state index contributed by atoms with van der Waals surface area (Å²) >= 11 is 0. The molecule has 2 rings (SSSR count). The number of rotatable bonds is 10. The Morgan fingerprint density at radius 2 is 1.93 bits per heavy atom. The Hall–Kier alpha value is -0.810. The smallest absolute Gasteiger partial charge is 0.237 e. The lowest BCUT2D eigenvalue weighted by molar-refractivity contribution is -0.439. The molecule has 170 valence electrons. The second-order valence-corrected chi connectivity index (χ2v) is 9.66. The van der Waals surface area contributed by atoms with Crippen molar-refractivity contribution in [1.82, 2.24) is 5.32 Å². The van der Waals surface area contributed by atoms with Crippen molar-refractivity contribution in [1.29, 1.82) is 0 Å². The highest BCUT2D eigenvalue weighted by Crippen LogP contribution is 2.53. The Labute approximate surface area is 172 Å². The van der Waals surface area contributed by atoms with E-state index in [1.165, 1.54) is 0 Å². The molecule has 1 aliphatic heterocycles. The van der Waals surface area contributed by atoms with Crippen LogP contribution in [0, 0.1) is 17.3 Å². The summed E-state index contributed by atoms with van der Waals surface area (Å²) in [5.41, 5.74) is 5.08. The molecule has 1 saturated carbocycles. The Morgan fingerprint density at radius 3 is 2.45 bits per heavy atom. The summed E-state index contributed by atoms with van der Waals surface area (Å²) in [4.78, 5) is 12.0. The first-order valence-electron chi connectivity index (χ1n) is 10.4. The van der Waals surface area contributed by atoms with Gasteiger partial charge in [0.05, 0.1) is 43.3 Å². The van der Waals surface area contributed by atoms with E-state index in [9.17, 15) is 25.2 Å². The summed E-state index contributed by atoms with van der Waals surface area (Å²) < 4.78 is 11.2. The second kappa shape index (κ2) is 8.74. The van der Waals surface area contributed by atoms with Gasteiger partial charge in [0, 0.05) is 5.54 Å². The molecule has 0 radical (unpaired) electrons. The van der Waals surface area contributed by atoms with E-state index in [0.717, 1.165) is 6.42 Å². The standard InChI is InChI=1S/C20H38N2O7/c1-6-19(5,10-18(3,4)22-16(26)11(2)21)7-8-28-17-13-15(25)14(24)12(9-23)20(13,27)29-17/h11-15,17,23-25,27H,6-10,21H2,1-5H3,(H,22,26). The maximum Gasteiger partial charge on any atom is 0.237 e. The Balaban J connectivity index is 1.89. The Kier molecular flexibility index (Phi) is 7.37. The van der Waals surface area contributed by atoms with Crippen molar-refractivity contribution in [3.05, 3.63) is 0 Å². The molecule has 7 N–H and O–H groups in total. The molecule has 2 aliphatic rings. The monoisotopic (exact) mass is 418 g/mol. The van der Waals surface area contributed by atoms with E-state index >= 15 is 0 Å². The number of amides is 1. The van der Waals surface area contributed by atoms with Crippen LogP contribution < -0.4 is 11.1 Å². The van der Waals surface area contributed by atoms with Gasteiger partial charge in [-0.3, -0.25) is 4.79 Å². The molecule has 9 nitrogen and oxygen atoms in total. The van der Waals surface area contributed by atoms with E-state index in [0.29, 0.717) is 19.4 Å². The number of aliphatic hydroxyl groups excluding tert-OH is 3. The van der Waals surface area contributed by atoms with Gasteiger partial charge in [-0.25, -0.2) is 0 Å². The molecule has 0 aromatic carbocycles. The van der Waals surface area contributed by atoms with Gasteiger partial charge in [0.15, 0.2) is 12.1 Å². The Morgan fingerprint density at radius 1 is 1.31 bits per heavy atom. The van der Waals surface area contributed by atoms with E-state index in [-0.39, 0.29) is 11.3 Å². The zero-order chi connectivity index (χ0) is 22.2. The van der Waals surface area contributed by atoms with Gasteiger partial charge in [-0.15, -0.1) is 0 Å². The van der Waals surface area contributed by atoms with E-state index in [1.54, 1.807) is 6.92 Å². The van der Waals surface area contributed by atoms with Crippen molar-refractivity contribution in [3.8, 4) is 0 Å². The van der Waals surface area contributed by atoms with Gasteiger partial charge < -0.3 is 41.0 Å². The van der Waals surface area contributed by atoms with Crippen LogP contribution in [-0.4, -0.2) is 75.4 Å². The number of ether oxygens (including phenoxy) is 2. The fraction of sp³-hybridized carbons (Fsp3) is 0.950. The van der Waals surface area contributed by atoms with E-state index < -0.39 is 54.3 Å².